The first kappa shape index (κ1) is 12.7. The molecule has 19 heavy (non-hydrogen) atoms. The summed E-state index contributed by atoms with van der Waals surface area (Å²) in [5.41, 5.74) is 13.6. The van der Waals surface area contributed by atoms with Gasteiger partial charge in [0.1, 0.15) is 0 Å². The summed E-state index contributed by atoms with van der Waals surface area (Å²) in [7, 11) is 0. The number of ether oxygens (including phenoxy) is 2. The van der Waals surface area contributed by atoms with Gasteiger partial charge in [-0.05, 0) is 31.2 Å². The van der Waals surface area contributed by atoms with E-state index < -0.39 is 0 Å². The van der Waals surface area contributed by atoms with Gasteiger partial charge in [-0.2, -0.15) is 0 Å². The predicted molar refractivity (Wildman–Crippen MR) is 73.1 cm³/mol. The van der Waals surface area contributed by atoms with Crippen LogP contribution in [0, 0.1) is 5.92 Å². The topological polar surface area (TPSA) is 68.5 Å². The molecule has 3 rings (SSSR count). The molecular weight excluding hydrogens is 242 g/mol. The van der Waals surface area contributed by atoms with E-state index in [0.717, 1.165) is 24.5 Å². The summed E-state index contributed by atoms with van der Waals surface area (Å²) in [6, 6.07) is 6.74. The van der Waals surface area contributed by atoms with Gasteiger partial charge in [-0.3, -0.25) is 5.43 Å². The van der Waals surface area contributed by atoms with E-state index >= 15 is 0 Å². The summed E-state index contributed by atoms with van der Waals surface area (Å²) in [6.45, 7) is 4.23. The Morgan fingerprint density at radius 3 is 2.79 bits per heavy atom. The lowest BCUT2D eigenvalue weighted by atomic mass is 9.90. The molecule has 0 bridgehead atoms. The van der Waals surface area contributed by atoms with Gasteiger partial charge >= 0.3 is 0 Å². The number of nitrogens with two attached hydrogens (primary N) is 1. The van der Waals surface area contributed by atoms with Crippen LogP contribution in [0.5, 0.6) is 11.5 Å². The highest BCUT2D eigenvalue weighted by molar-refractivity contribution is 5.44. The van der Waals surface area contributed by atoms with Gasteiger partial charge in [0.15, 0.2) is 11.5 Å². The monoisotopic (exact) mass is 263 g/mol. The fraction of sp³-hybridized carbons (Fsp3) is 0.571. The third-order valence-corrected chi connectivity index (χ3v) is 3.94. The van der Waals surface area contributed by atoms with Crippen molar-refractivity contribution in [1.29, 1.82) is 0 Å². The zero-order valence-corrected chi connectivity index (χ0v) is 11.2. The van der Waals surface area contributed by atoms with Crippen molar-refractivity contribution in [3.05, 3.63) is 23.8 Å². The summed E-state index contributed by atoms with van der Waals surface area (Å²) in [5, 5.41) is 0. The Hall–Kier alpha value is -1.30. The number of hydrogen-bond acceptors (Lipinski definition) is 5. The lowest BCUT2D eigenvalue weighted by Crippen LogP contribution is -2.30. The molecule has 0 amide bonds. The predicted octanol–water partition coefficient (Wildman–Crippen LogP) is 0.960. The highest BCUT2D eigenvalue weighted by Crippen LogP contribution is 2.35. The first-order chi connectivity index (χ1) is 9.29. The molecule has 1 aromatic carbocycles. The molecule has 0 aliphatic carbocycles. The number of hydrazine groups is 1. The van der Waals surface area contributed by atoms with E-state index in [4.69, 9.17) is 15.2 Å². The minimum absolute atomic E-state index is 0.220. The van der Waals surface area contributed by atoms with Gasteiger partial charge in [-0.1, -0.05) is 6.07 Å². The van der Waals surface area contributed by atoms with E-state index in [1.165, 1.54) is 5.56 Å². The SMILES string of the molecule is CC1NNC(c2ccc3c(c2)OCCCO3)C1CN. The molecule has 0 spiro atoms. The number of fused-ring (bicyclic) bond motifs is 1. The smallest absolute Gasteiger partial charge is 0.161 e. The van der Waals surface area contributed by atoms with E-state index in [0.29, 0.717) is 25.1 Å². The van der Waals surface area contributed by atoms with Crippen molar-refractivity contribution in [2.45, 2.75) is 25.4 Å². The van der Waals surface area contributed by atoms with Crippen molar-refractivity contribution in [2.75, 3.05) is 19.8 Å². The van der Waals surface area contributed by atoms with Gasteiger partial charge in [0.25, 0.3) is 0 Å². The van der Waals surface area contributed by atoms with Crippen molar-refractivity contribution >= 4 is 0 Å². The van der Waals surface area contributed by atoms with E-state index in [9.17, 15) is 0 Å². The lowest BCUT2D eigenvalue weighted by Gasteiger charge is -2.20. The Labute approximate surface area is 113 Å². The van der Waals surface area contributed by atoms with Crippen LogP contribution in [0.2, 0.25) is 0 Å². The third-order valence-electron chi connectivity index (χ3n) is 3.94. The summed E-state index contributed by atoms with van der Waals surface area (Å²) in [5.74, 6) is 2.06. The molecular formula is C14H21N3O2. The first-order valence-electron chi connectivity index (χ1n) is 6.90. The molecule has 1 aromatic rings. The highest BCUT2D eigenvalue weighted by atomic mass is 16.5. The molecule has 3 atom stereocenters. The van der Waals surface area contributed by atoms with Gasteiger partial charge in [0.2, 0.25) is 0 Å². The maximum absolute atomic E-state index is 5.88. The second-order valence-corrected chi connectivity index (χ2v) is 5.21. The molecule has 2 aliphatic heterocycles. The molecule has 5 nitrogen and oxygen atoms in total. The van der Waals surface area contributed by atoms with Crippen molar-refractivity contribution in [3.63, 3.8) is 0 Å². The normalized spacial score (nSPS) is 30.1. The summed E-state index contributed by atoms with van der Waals surface area (Å²) in [6.07, 6.45) is 0.926. The van der Waals surface area contributed by atoms with Crippen LogP contribution in [0.3, 0.4) is 0 Å². The van der Waals surface area contributed by atoms with E-state index in [1.54, 1.807) is 0 Å². The summed E-state index contributed by atoms with van der Waals surface area (Å²) >= 11 is 0. The zero-order chi connectivity index (χ0) is 13.2. The minimum atomic E-state index is 0.220. The molecule has 1 saturated heterocycles. The maximum atomic E-state index is 5.88. The zero-order valence-electron chi connectivity index (χ0n) is 11.2. The quantitative estimate of drug-likeness (QED) is 0.741. The molecule has 0 radical (unpaired) electrons. The van der Waals surface area contributed by atoms with Crippen molar-refractivity contribution in [3.8, 4) is 11.5 Å². The number of benzene rings is 1. The van der Waals surface area contributed by atoms with Gasteiger partial charge < -0.3 is 15.2 Å². The Balaban J connectivity index is 1.87. The number of nitrogens with one attached hydrogen (secondary N) is 2. The van der Waals surface area contributed by atoms with Crippen molar-refractivity contribution < 1.29 is 9.47 Å². The van der Waals surface area contributed by atoms with Crippen molar-refractivity contribution in [2.24, 2.45) is 11.7 Å². The number of rotatable bonds is 2. The van der Waals surface area contributed by atoms with Crippen molar-refractivity contribution in [1.82, 2.24) is 10.9 Å². The number of hydrogen-bond donors (Lipinski definition) is 3. The van der Waals surface area contributed by atoms with E-state index in [1.807, 2.05) is 6.07 Å². The van der Waals surface area contributed by atoms with E-state index in [2.05, 4.69) is 29.9 Å². The van der Waals surface area contributed by atoms with E-state index in [-0.39, 0.29) is 6.04 Å². The Bertz CT molecular complexity index is 452. The fourth-order valence-electron chi connectivity index (χ4n) is 2.77. The third kappa shape index (κ3) is 2.41. The standard InChI is InChI=1S/C14H21N3O2/c1-9-11(8-15)14(17-16-9)10-3-4-12-13(7-10)19-6-2-5-18-12/h3-4,7,9,11,14,16-17H,2,5-6,8,15H2,1H3. The highest BCUT2D eigenvalue weighted by Gasteiger charge is 2.33. The van der Waals surface area contributed by atoms with Gasteiger partial charge in [-0.25, -0.2) is 5.43 Å². The van der Waals surface area contributed by atoms with Gasteiger partial charge in [-0.15, -0.1) is 0 Å². The molecule has 5 heteroatoms. The average molecular weight is 263 g/mol. The van der Waals surface area contributed by atoms with Crippen LogP contribution in [0.25, 0.3) is 0 Å². The molecule has 2 aliphatic rings. The van der Waals surface area contributed by atoms with Crippen LogP contribution in [-0.4, -0.2) is 25.8 Å². The van der Waals surface area contributed by atoms with Crippen LogP contribution in [0.15, 0.2) is 18.2 Å². The molecule has 0 saturated carbocycles. The summed E-state index contributed by atoms with van der Waals surface area (Å²) in [4.78, 5) is 0. The Morgan fingerprint density at radius 1 is 1.21 bits per heavy atom. The molecule has 3 unspecified atom stereocenters. The average Bonchev–Trinajstić information content (AvgIpc) is 2.66. The van der Waals surface area contributed by atoms with Crippen LogP contribution >= 0.6 is 0 Å². The second-order valence-electron chi connectivity index (χ2n) is 5.21. The van der Waals surface area contributed by atoms with Crippen LogP contribution in [-0.2, 0) is 0 Å². The molecule has 4 N–H and O–H groups in total. The molecule has 104 valence electrons. The largest absolute Gasteiger partial charge is 0.490 e. The molecule has 0 aromatic heterocycles. The molecule has 2 heterocycles. The first-order valence-corrected chi connectivity index (χ1v) is 6.90. The Morgan fingerprint density at radius 2 is 2.00 bits per heavy atom. The maximum Gasteiger partial charge on any atom is 0.161 e. The minimum Gasteiger partial charge on any atom is -0.490 e. The molecule has 1 fully saturated rings. The van der Waals surface area contributed by atoms with Gasteiger partial charge in [0, 0.05) is 18.4 Å². The van der Waals surface area contributed by atoms with Gasteiger partial charge in [0.05, 0.1) is 19.3 Å². The fourth-order valence-corrected chi connectivity index (χ4v) is 2.77. The van der Waals surface area contributed by atoms with Crippen LogP contribution < -0.4 is 26.1 Å². The second kappa shape index (κ2) is 5.36. The van der Waals surface area contributed by atoms with Crippen LogP contribution in [0.4, 0.5) is 0 Å². The van der Waals surface area contributed by atoms with Crippen LogP contribution in [0.1, 0.15) is 24.9 Å². The lowest BCUT2D eigenvalue weighted by molar-refractivity contribution is 0.297. The Kier molecular flexibility index (Phi) is 3.59. The summed E-state index contributed by atoms with van der Waals surface area (Å²) < 4.78 is 11.4.